The number of nitriles is 1. The minimum absolute atomic E-state index is 0.665. The first-order valence-electron chi connectivity index (χ1n) is 10.6. The average Bonchev–Trinajstić information content (AvgIpc) is 3.17. The van der Waals surface area contributed by atoms with Crippen LogP contribution in [0.2, 0.25) is 0 Å². The van der Waals surface area contributed by atoms with Crippen molar-refractivity contribution in [3.05, 3.63) is 65.6 Å². The van der Waals surface area contributed by atoms with Gasteiger partial charge in [0.1, 0.15) is 11.9 Å². The summed E-state index contributed by atoms with van der Waals surface area (Å²) in [4.78, 5) is 14.9. The van der Waals surface area contributed by atoms with Crippen LogP contribution in [0.15, 0.2) is 48.7 Å². The molecule has 0 aliphatic carbocycles. The molecule has 0 unspecified atom stereocenters. The maximum Gasteiger partial charge on any atom is 0.128 e. The van der Waals surface area contributed by atoms with Crippen molar-refractivity contribution in [3.63, 3.8) is 0 Å². The van der Waals surface area contributed by atoms with Crippen molar-refractivity contribution in [2.45, 2.75) is 13.8 Å². The zero-order valence-electron chi connectivity index (χ0n) is 17.7. The van der Waals surface area contributed by atoms with E-state index in [1.165, 1.54) is 0 Å². The van der Waals surface area contributed by atoms with Crippen LogP contribution < -0.4 is 10.2 Å². The lowest BCUT2D eigenvalue weighted by Gasteiger charge is -2.28. The van der Waals surface area contributed by atoms with Gasteiger partial charge in [0.25, 0.3) is 0 Å². The number of aromatic amines is 1. The molecule has 1 fully saturated rings. The number of piperazine rings is 1. The third-order valence-corrected chi connectivity index (χ3v) is 5.80. The number of anilines is 1. The zero-order chi connectivity index (χ0) is 21.4. The average molecular weight is 409 g/mol. The summed E-state index contributed by atoms with van der Waals surface area (Å²) in [6.45, 7) is 7.89. The van der Waals surface area contributed by atoms with Crippen LogP contribution in [0.3, 0.4) is 0 Å². The Hall–Kier alpha value is -3.69. The topological polar surface area (TPSA) is 80.6 Å². The van der Waals surface area contributed by atoms with E-state index in [1.54, 1.807) is 0 Å². The smallest absolute Gasteiger partial charge is 0.128 e. The number of nitrogens with zero attached hydrogens (tertiary/aromatic N) is 4. The van der Waals surface area contributed by atoms with Crippen LogP contribution in [0.5, 0.6) is 0 Å². The Morgan fingerprint density at radius 3 is 2.35 bits per heavy atom. The third-order valence-electron chi connectivity index (χ3n) is 5.80. The summed E-state index contributed by atoms with van der Waals surface area (Å²) in [5.41, 5.74) is 7.46. The molecule has 0 atom stereocenters. The first kappa shape index (κ1) is 19.3. The number of hydrogen-bond donors (Lipinski definition) is 2. The minimum Gasteiger partial charge on any atom is -0.354 e. The van der Waals surface area contributed by atoms with Crippen molar-refractivity contribution in [3.8, 4) is 28.5 Å². The normalized spacial score (nSPS) is 14.0. The summed E-state index contributed by atoms with van der Waals surface area (Å²) in [7, 11) is 0. The SMILES string of the molecule is Cc1cc(-c2[nH]c3cc(-c4ccc(N5CCNCC5)nc4)ccc3c2C#N)cc(C)n1. The Morgan fingerprint density at radius 1 is 0.935 bits per heavy atom. The molecule has 1 aliphatic rings. The van der Waals surface area contributed by atoms with Crippen LogP contribution in [0, 0.1) is 25.2 Å². The van der Waals surface area contributed by atoms with Gasteiger partial charge in [-0.3, -0.25) is 4.98 Å². The maximum absolute atomic E-state index is 9.84. The summed E-state index contributed by atoms with van der Waals surface area (Å²) >= 11 is 0. The van der Waals surface area contributed by atoms with E-state index in [0.717, 1.165) is 76.7 Å². The predicted molar refractivity (Wildman–Crippen MR) is 124 cm³/mol. The van der Waals surface area contributed by atoms with Crippen LogP contribution in [0.25, 0.3) is 33.3 Å². The van der Waals surface area contributed by atoms with Gasteiger partial charge in [0, 0.05) is 65.8 Å². The molecular weight excluding hydrogens is 384 g/mol. The molecule has 6 heteroatoms. The molecule has 0 spiro atoms. The molecule has 1 aliphatic heterocycles. The molecule has 1 saturated heterocycles. The fourth-order valence-corrected chi connectivity index (χ4v) is 4.33. The van der Waals surface area contributed by atoms with Crippen molar-refractivity contribution < 1.29 is 0 Å². The molecule has 154 valence electrons. The molecule has 4 aromatic rings. The highest BCUT2D eigenvalue weighted by Gasteiger charge is 2.15. The lowest BCUT2D eigenvalue weighted by atomic mass is 10.0. The van der Waals surface area contributed by atoms with E-state index >= 15 is 0 Å². The molecule has 4 heterocycles. The van der Waals surface area contributed by atoms with Gasteiger partial charge in [-0.1, -0.05) is 12.1 Å². The minimum atomic E-state index is 0.665. The van der Waals surface area contributed by atoms with Gasteiger partial charge >= 0.3 is 0 Å². The van der Waals surface area contributed by atoms with E-state index in [2.05, 4.69) is 50.5 Å². The summed E-state index contributed by atoms with van der Waals surface area (Å²) < 4.78 is 0. The molecule has 31 heavy (non-hydrogen) atoms. The van der Waals surface area contributed by atoms with E-state index < -0.39 is 0 Å². The molecular formula is C25H24N6. The van der Waals surface area contributed by atoms with Crippen LogP contribution >= 0.6 is 0 Å². The molecule has 3 aromatic heterocycles. The van der Waals surface area contributed by atoms with E-state index in [9.17, 15) is 5.26 Å². The standard InChI is InChI=1S/C25H24N6/c1-16-11-20(12-17(2)29-16)25-22(14-26)21-5-3-18(13-23(21)30-25)19-4-6-24(28-15-19)31-9-7-27-8-10-31/h3-6,11-13,15,27,30H,7-10H2,1-2H3. The lowest BCUT2D eigenvalue weighted by molar-refractivity contribution is 0.585. The number of hydrogen-bond acceptors (Lipinski definition) is 5. The van der Waals surface area contributed by atoms with Crippen LogP contribution in [-0.2, 0) is 0 Å². The highest BCUT2D eigenvalue weighted by molar-refractivity contribution is 5.95. The quantitative estimate of drug-likeness (QED) is 0.531. The summed E-state index contributed by atoms with van der Waals surface area (Å²) in [5.74, 6) is 1.02. The Bertz CT molecular complexity index is 1270. The van der Waals surface area contributed by atoms with Crippen molar-refractivity contribution in [1.82, 2.24) is 20.3 Å². The molecule has 0 amide bonds. The Labute approximate surface area is 181 Å². The maximum atomic E-state index is 9.84. The van der Waals surface area contributed by atoms with Crippen molar-refractivity contribution in [1.29, 1.82) is 5.26 Å². The number of H-pyrrole nitrogens is 1. The largest absolute Gasteiger partial charge is 0.354 e. The second-order valence-corrected chi connectivity index (χ2v) is 8.03. The van der Waals surface area contributed by atoms with Crippen molar-refractivity contribution >= 4 is 16.7 Å². The van der Waals surface area contributed by atoms with Gasteiger partial charge in [0.2, 0.25) is 0 Å². The predicted octanol–water partition coefficient (Wildman–Crippen LogP) is 4.19. The number of pyridine rings is 2. The summed E-state index contributed by atoms with van der Waals surface area (Å²) in [6.07, 6.45) is 1.93. The van der Waals surface area contributed by atoms with E-state index in [0.29, 0.717) is 5.56 Å². The van der Waals surface area contributed by atoms with Gasteiger partial charge in [-0.15, -0.1) is 0 Å². The fraction of sp³-hybridized carbons (Fsp3) is 0.240. The Morgan fingerprint density at radius 2 is 1.68 bits per heavy atom. The van der Waals surface area contributed by atoms with E-state index in [4.69, 9.17) is 4.98 Å². The number of rotatable bonds is 3. The summed E-state index contributed by atoms with van der Waals surface area (Å²) in [5, 5.41) is 14.1. The van der Waals surface area contributed by atoms with Crippen LogP contribution in [0.1, 0.15) is 17.0 Å². The summed E-state index contributed by atoms with van der Waals surface area (Å²) in [6, 6.07) is 16.8. The van der Waals surface area contributed by atoms with Crippen LogP contribution in [0.4, 0.5) is 5.82 Å². The second-order valence-electron chi connectivity index (χ2n) is 8.03. The van der Waals surface area contributed by atoms with Crippen molar-refractivity contribution in [2.24, 2.45) is 0 Å². The second kappa shape index (κ2) is 7.86. The molecule has 2 N–H and O–H groups in total. The first-order chi connectivity index (χ1) is 15.1. The molecule has 0 bridgehead atoms. The molecule has 0 saturated carbocycles. The third kappa shape index (κ3) is 3.65. The van der Waals surface area contributed by atoms with Gasteiger partial charge in [-0.25, -0.2) is 4.98 Å². The van der Waals surface area contributed by atoms with Gasteiger partial charge in [0.15, 0.2) is 0 Å². The first-order valence-corrected chi connectivity index (χ1v) is 10.6. The highest BCUT2D eigenvalue weighted by atomic mass is 15.2. The number of benzene rings is 1. The number of fused-ring (bicyclic) bond motifs is 1. The number of aryl methyl sites for hydroxylation is 2. The number of aromatic nitrogens is 3. The van der Waals surface area contributed by atoms with Gasteiger partial charge < -0.3 is 15.2 Å². The number of nitrogens with one attached hydrogen (secondary N) is 2. The van der Waals surface area contributed by atoms with Gasteiger partial charge in [-0.2, -0.15) is 5.26 Å². The van der Waals surface area contributed by atoms with Gasteiger partial charge in [0.05, 0.1) is 11.3 Å². The lowest BCUT2D eigenvalue weighted by Crippen LogP contribution is -2.43. The van der Waals surface area contributed by atoms with Crippen molar-refractivity contribution in [2.75, 3.05) is 31.1 Å². The molecule has 1 aromatic carbocycles. The van der Waals surface area contributed by atoms with Crippen LogP contribution in [-0.4, -0.2) is 41.1 Å². The Kier molecular flexibility index (Phi) is 4.89. The highest BCUT2D eigenvalue weighted by Crippen LogP contribution is 2.33. The van der Waals surface area contributed by atoms with Gasteiger partial charge in [-0.05, 0) is 49.7 Å². The molecule has 0 radical (unpaired) electrons. The molecule has 5 rings (SSSR count). The molecule has 6 nitrogen and oxygen atoms in total. The monoisotopic (exact) mass is 408 g/mol. The Balaban J connectivity index is 1.52. The van der Waals surface area contributed by atoms with E-state index in [-0.39, 0.29) is 0 Å². The van der Waals surface area contributed by atoms with E-state index in [1.807, 2.05) is 38.2 Å². The fourth-order valence-electron chi connectivity index (χ4n) is 4.33. The zero-order valence-corrected chi connectivity index (χ0v) is 17.7.